The molecule has 0 atom stereocenters. The van der Waals surface area contributed by atoms with Crippen LogP contribution in [0.2, 0.25) is 0 Å². The van der Waals surface area contributed by atoms with Gasteiger partial charge >= 0.3 is 6.18 Å². The molecular formula is C25H22F3N3O2. The summed E-state index contributed by atoms with van der Waals surface area (Å²) in [6.07, 6.45) is -0.866. The normalized spacial score (nSPS) is 11.5. The Morgan fingerprint density at radius 2 is 1.91 bits per heavy atom. The number of nitrogens with zero attached hydrogens (tertiary/aromatic N) is 2. The maximum atomic E-state index is 12.7. The molecule has 170 valence electrons. The summed E-state index contributed by atoms with van der Waals surface area (Å²) in [5.74, 6) is 0.644. The van der Waals surface area contributed by atoms with Gasteiger partial charge in [0, 0.05) is 35.0 Å². The standard InChI is InChI=1S/C25H22F3N3O2/c1-16-11-17(7-8-18(16)15-32)22-13-30-24-21(29-10-9-25(26,27)28)12-19(14-31(22)24)20-5-3-4-6-23(20)33-2/h3-8,11-15,29H,9-10H2,1-2H3. The molecule has 2 heterocycles. The van der Waals surface area contributed by atoms with Gasteiger partial charge < -0.3 is 10.1 Å². The predicted molar refractivity (Wildman–Crippen MR) is 122 cm³/mol. The van der Waals surface area contributed by atoms with E-state index in [-0.39, 0.29) is 6.54 Å². The quantitative estimate of drug-likeness (QED) is 0.341. The van der Waals surface area contributed by atoms with Gasteiger partial charge in [-0.05, 0) is 30.7 Å². The molecule has 2 aromatic heterocycles. The lowest BCUT2D eigenvalue weighted by Gasteiger charge is -2.15. The number of carbonyl (C=O) groups is 1. The van der Waals surface area contributed by atoms with E-state index in [4.69, 9.17) is 4.74 Å². The first kappa shape index (κ1) is 22.4. The van der Waals surface area contributed by atoms with Crippen LogP contribution in [0.5, 0.6) is 5.75 Å². The highest BCUT2D eigenvalue weighted by Gasteiger charge is 2.26. The number of aldehydes is 1. The number of fused-ring (bicyclic) bond motifs is 1. The third-order valence-corrected chi connectivity index (χ3v) is 5.44. The molecule has 0 bridgehead atoms. The number of alkyl halides is 3. The number of hydrogen-bond acceptors (Lipinski definition) is 4. The minimum atomic E-state index is -4.26. The maximum Gasteiger partial charge on any atom is 0.390 e. The molecule has 2 aromatic carbocycles. The Balaban J connectivity index is 1.87. The number of aromatic nitrogens is 2. The summed E-state index contributed by atoms with van der Waals surface area (Å²) in [5, 5.41) is 2.90. The molecular weight excluding hydrogens is 431 g/mol. The number of nitrogens with one attached hydrogen (secondary N) is 1. The number of para-hydroxylation sites is 1. The van der Waals surface area contributed by atoms with Crippen molar-refractivity contribution in [3.63, 3.8) is 0 Å². The van der Waals surface area contributed by atoms with Crippen molar-refractivity contribution in [2.75, 3.05) is 19.0 Å². The van der Waals surface area contributed by atoms with Crippen LogP contribution >= 0.6 is 0 Å². The highest BCUT2D eigenvalue weighted by Crippen LogP contribution is 2.35. The van der Waals surface area contributed by atoms with Crippen LogP contribution in [-0.2, 0) is 0 Å². The van der Waals surface area contributed by atoms with E-state index in [0.717, 1.165) is 34.2 Å². The van der Waals surface area contributed by atoms with Gasteiger partial charge in [-0.2, -0.15) is 13.2 Å². The summed E-state index contributed by atoms with van der Waals surface area (Å²) in [6.45, 7) is 1.57. The van der Waals surface area contributed by atoms with E-state index in [0.29, 0.717) is 22.6 Å². The molecule has 0 spiro atoms. The van der Waals surface area contributed by atoms with E-state index in [1.165, 1.54) is 0 Å². The van der Waals surface area contributed by atoms with Crippen molar-refractivity contribution in [3.05, 3.63) is 72.1 Å². The molecule has 0 saturated carbocycles. The lowest BCUT2D eigenvalue weighted by molar-refractivity contribution is -0.131. The number of anilines is 1. The molecule has 0 unspecified atom stereocenters. The van der Waals surface area contributed by atoms with Crippen LogP contribution in [-0.4, -0.2) is 35.5 Å². The molecule has 0 fully saturated rings. The number of halogens is 3. The van der Waals surface area contributed by atoms with E-state index in [2.05, 4.69) is 10.3 Å². The summed E-state index contributed by atoms with van der Waals surface area (Å²) < 4.78 is 45.5. The highest BCUT2D eigenvalue weighted by molar-refractivity contribution is 5.83. The Kier molecular flexibility index (Phi) is 6.09. The summed E-state index contributed by atoms with van der Waals surface area (Å²) in [5.41, 5.74) is 5.55. The number of methoxy groups -OCH3 is 1. The van der Waals surface area contributed by atoms with Gasteiger partial charge in [0.05, 0.1) is 31.1 Å². The smallest absolute Gasteiger partial charge is 0.390 e. The third kappa shape index (κ3) is 4.69. The number of imidazole rings is 1. The fourth-order valence-corrected chi connectivity index (χ4v) is 3.77. The van der Waals surface area contributed by atoms with Crippen LogP contribution in [0.4, 0.5) is 18.9 Å². The molecule has 0 aliphatic rings. The van der Waals surface area contributed by atoms with Gasteiger partial charge in [-0.1, -0.05) is 30.3 Å². The zero-order chi connectivity index (χ0) is 23.6. The maximum absolute atomic E-state index is 12.7. The second-order valence-corrected chi connectivity index (χ2v) is 7.66. The number of ether oxygens (including phenoxy) is 1. The first-order chi connectivity index (χ1) is 15.8. The fourth-order valence-electron chi connectivity index (χ4n) is 3.77. The van der Waals surface area contributed by atoms with Crippen LogP contribution < -0.4 is 10.1 Å². The summed E-state index contributed by atoms with van der Waals surface area (Å²) >= 11 is 0. The first-order valence-corrected chi connectivity index (χ1v) is 10.3. The largest absolute Gasteiger partial charge is 0.496 e. The van der Waals surface area contributed by atoms with Crippen molar-refractivity contribution in [1.82, 2.24) is 9.38 Å². The average Bonchev–Trinajstić information content (AvgIpc) is 3.22. The Bertz CT molecular complexity index is 1310. The van der Waals surface area contributed by atoms with Crippen molar-refractivity contribution < 1.29 is 22.7 Å². The molecule has 0 aliphatic heterocycles. The Morgan fingerprint density at radius 3 is 2.61 bits per heavy atom. The molecule has 0 saturated heterocycles. The molecule has 4 aromatic rings. The summed E-state index contributed by atoms with van der Waals surface area (Å²) in [4.78, 5) is 15.7. The summed E-state index contributed by atoms with van der Waals surface area (Å²) in [7, 11) is 1.57. The monoisotopic (exact) mass is 453 g/mol. The van der Waals surface area contributed by atoms with Gasteiger partial charge in [0.1, 0.15) is 12.0 Å². The van der Waals surface area contributed by atoms with Crippen molar-refractivity contribution in [2.24, 2.45) is 0 Å². The lowest BCUT2D eigenvalue weighted by Crippen LogP contribution is -2.15. The molecule has 8 heteroatoms. The van der Waals surface area contributed by atoms with Crippen LogP contribution in [0.25, 0.3) is 28.0 Å². The number of aryl methyl sites for hydroxylation is 1. The van der Waals surface area contributed by atoms with Gasteiger partial charge in [-0.15, -0.1) is 0 Å². The van der Waals surface area contributed by atoms with Gasteiger partial charge in [0.15, 0.2) is 5.65 Å². The molecule has 4 rings (SSSR count). The molecule has 0 amide bonds. The highest BCUT2D eigenvalue weighted by atomic mass is 19.4. The minimum Gasteiger partial charge on any atom is -0.496 e. The topological polar surface area (TPSA) is 55.6 Å². The Labute approximate surface area is 188 Å². The van der Waals surface area contributed by atoms with Gasteiger partial charge in [-0.3, -0.25) is 9.20 Å². The van der Waals surface area contributed by atoms with E-state index < -0.39 is 12.6 Å². The van der Waals surface area contributed by atoms with Crippen molar-refractivity contribution in [2.45, 2.75) is 19.5 Å². The lowest BCUT2D eigenvalue weighted by atomic mass is 10.0. The zero-order valence-corrected chi connectivity index (χ0v) is 18.1. The van der Waals surface area contributed by atoms with E-state index in [1.54, 1.807) is 25.4 Å². The fraction of sp³-hybridized carbons (Fsp3) is 0.200. The van der Waals surface area contributed by atoms with Crippen LogP contribution in [0.3, 0.4) is 0 Å². The SMILES string of the molecule is COc1ccccc1-c1cc(NCCC(F)(F)F)c2ncc(-c3ccc(C=O)c(C)c3)n2c1. The molecule has 0 radical (unpaired) electrons. The molecule has 33 heavy (non-hydrogen) atoms. The second-order valence-electron chi connectivity index (χ2n) is 7.66. The van der Waals surface area contributed by atoms with E-state index >= 15 is 0 Å². The van der Waals surface area contributed by atoms with Crippen LogP contribution in [0.1, 0.15) is 22.3 Å². The van der Waals surface area contributed by atoms with Crippen molar-refractivity contribution in [3.8, 4) is 28.1 Å². The minimum absolute atomic E-state index is 0.274. The predicted octanol–water partition coefficient (Wildman–Crippen LogP) is 6.16. The van der Waals surface area contributed by atoms with E-state index in [9.17, 15) is 18.0 Å². The number of benzene rings is 2. The number of hydrogen-bond donors (Lipinski definition) is 1. The number of pyridine rings is 1. The number of carbonyl (C=O) groups excluding carboxylic acids is 1. The molecule has 5 nitrogen and oxygen atoms in total. The van der Waals surface area contributed by atoms with Gasteiger partial charge in [0.25, 0.3) is 0 Å². The van der Waals surface area contributed by atoms with Crippen LogP contribution in [0.15, 0.2) is 60.9 Å². The second kappa shape index (κ2) is 8.97. The van der Waals surface area contributed by atoms with Gasteiger partial charge in [-0.25, -0.2) is 4.98 Å². The Morgan fingerprint density at radius 1 is 1.12 bits per heavy atom. The van der Waals surface area contributed by atoms with Crippen molar-refractivity contribution >= 4 is 17.6 Å². The van der Waals surface area contributed by atoms with Gasteiger partial charge in [0.2, 0.25) is 0 Å². The molecule has 0 aliphatic carbocycles. The number of rotatable bonds is 7. The van der Waals surface area contributed by atoms with Crippen LogP contribution in [0, 0.1) is 6.92 Å². The zero-order valence-electron chi connectivity index (χ0n) is 18.1. The average molecular weight is 453 g/mol. The van der Waals surface area contributed by atoms with E-state index in [1.807, 2.05) is 53.9 Å². The summed E-state index contributed by atoms with van der Waals surface area (Å²) in [6, 6.07) is 14.7. The third-order valence-electron chi connectivity index (χ3n) is 5.44. The Hall–Kier alpha value is -3.81. The molecule has 1 N–H and O–H groups in total. The first-order valence-electron chi connectivity index (χ1n) is 10.3. The van der Waals surface area contributed by atoms with Crippen molar-refractivity contribution in [1.29, 1.82) is 0 Å².